The first kappa shape index (κ1) is 21.7. The number of rotatable bonds is 6. The van der Waals surface area contributed by atoms with Crippen molar-refractivity contribution in [3.05, 3.63) is 36.0 Å². The minimum atomic E-state index is -0.0999. The van der Waals surface area contributed by atoms with Gasteiger partial charge >= 0.3 is 6.03 Å². The molecule has 2 aromatic rings. The molecule has 0 unspecified atom stereocenters. The number of aromatic nitrogens is 2. The monoisotopic (exact) mass is 412 g/mol. The van der Waals surface area contributed by atoms with Crippen molar-refractivity contribution in [2.75, 3.05) is 43.4 Å². The molecule has 1 heterocycles. The summed E-state index contributed by atoms with van der Waals surface area (Å²) in [6.07, 6.45) is 5.61. The molecule has 1 saturated carbocycles. The average molecular weight is 413 g/mol. The molecule has 0 aliphatic heterocycles. The third-order valence-corrected chi connectivity index (χ3v) is 5.50. The first-order chi connectivity index (χ1) is 14.4. The topological polar surface area (TPSA) is 82.6 Å². The van der Waals surface area contributed by atoms with Gasteiger partial charge in [0.05, 0.1) is 7.11 Å². The zero-order valence-electron chi connectivity index (χ0n) is 18.5. The van der Waals surface area contributed by atoms with E-state index in [1.165, 1.54) is 0 Å². The molecular weight excluding hydrogens is 380 g/mol. The van der Waals surface area contributed by atoms with E-state index in [9.17, 15) is 4.79 Å². The van der Waals surface area contributed by atoms with Gasteiger partial charge < -0.3 is 20.3 Å². The molecule has 0 spiro atoms. The van der Waals surface area contributed by atoms with Crippen LogP contribution in [0.3, 0.4) is 0 Å². The maximum Gasteiger partial charge on any atom is 0.321 e. The van der Waals surface area contributed by atoms with Crippen molar-refractivity contribution in [3.8, 4) is 5.75 Å². The van der Waals surface area contributed by atoms with Gasteiger partial charge in [0.2, 0.25) is 5.95 Å². The van der Waals surface area contributed by atoms with Gasteiger partial charge in [0.15, 0.2) is 0 Å². The summed E-state index contributed by atoms with van der Waals surface area (Å²) in [4.78, 5) is 25.3. The third kappa shape index (κ3) is 5.31. The van der Waals surface area contributed by atoms with Gasteiger partial charge in [0.25, 0.3) is 0 Å². The molecule has 2 amide bonds. The molecule has 2 N–H and O–H groups in total. The predicted molar refractivity (Wildman–Crippen MR) is 121 cm³/mol. The van der Waals surface area contributed by atoms with E-state index >= 15 is 0 Å². The van der Waals surface area contributed by atoms with Crippen LogP contribution in [0.25, 0.3) is 0 Å². The van der Waals surface area contributed by atoms with Gasteiger partial charge in [0.1, 0.15) is 11.6 Å². The molecule has 8 heteroatoms. The van der Waals surface area contributed by atoms with Gasteiger partial charge in [-0.05, 0) is 44.7 Å². The number of benzene rings is 1. The fraction of sp³-hybridized carbons (Fsp3) is 0.500. The first-order valence-corrected chi connectivity index (χ1v) is 10.3. The average Bonchev–Trinajstić information content (AvgIpc) is 2.75. The number of hydrogen-bond acceptors (Lipinski definition) is 6. The Morgan fingerprint density at radius 3 is 2.50 bits per heavy atom. The van der Waals surface area contributed by atoms with Crippen LogP contribution >= 0.6 is 0 Å². The van der Waals surface area contributed by atoms with Gasteiger partial charge in [-0.15, -0.1) is 0 Å². The van der Waals surface area contributed by atoms with E-state index in [4.69, 9.17) is 4.74 Å². The first-order valence-electron chi connectivity index (χ1n) is 10.3. The summed E-state index contributed by atoms with van der Waals surface area (Å²) in [6, 6.07) is 7.87. The number of aryl methyl sites for hydroxylation is 1. The van der Waals surface area contributed by atoms with E-state index < -0.39 is 0 Å². The Kier molecular flexibility index (Phi) is 6.97. The van der Waals surface area contributed by atoms with E-state index in [0.29, 0.717) is 12.0 Å². The summed E-state index contributed by atoms with van der Waals surface area (Å²) in [7, 11) is 7.36. The van der Waals surface area contributed by atoms with Gasteiger partial charge in [-0.3, -0.25) is 4.90 Å². The molecule has 1 aliphatic rings. The van der Waals surface area contributed by atoms with Crippen LogP contribution in [-0.2, 0) is 0 Å². The molecule has 3 rings (SSSR count). The van der Waals surface area contributed by atoms with Crippen LogP contribution < -0.4 is 25.2 Å². The number of ether oxygens (including phenoxy) is 1. The summed E-state index contributed by atoms with van der Waals surface area (Å²) in [5, 5.41) is 6.60. The second-order valence-electron chi connectivity index (χ2n) is 8.00. The number of carbonyl (C=O) groups excluding carboxylic acids is 1. The van der Waals surface area contributed by atoms with Crippen LogP contribution in [0.4, 0.5) is 22.2 Å². The third-order valence-electron chi connectivity index (χ3n) is 5.50. The smallest absolute Gasteiger partial charge is 0.321 e. The highest BCUT2D eigenvalue weighted by atomic mass is 16.5. The fourth-order valence-corrected chi connectivity index (χ4v) is 3.73. The van der Waals surface area contributed by atoms with Crippen molar-refractivity contribution >= 4 is 23.5 Å². The van der Waals surface area contributed by atoms with Crippen molar-refractivity contribution < 1.29 is 9.53 Å². The summed E-state index contributed by atoms with van der Waals surface area (Å²) in [6.45, 7) is 2.01. The van der Waals surface area contributed by atoms with Gasteiger partial charge in [-0.25, -0.2) is 9.78 Å². The Hall–Kier alpha value is -3.03. The van der Waals surface area contributed by atoms with Crippen LogP contribution in [0.5, 0.6) is 5.75 Å². The second-order valence-corrected chi connectivity index (χ2v) is 8.00. The molecule has 1 fully saturated rings. The van der Waals surface area contributed by atoms with Crippen molar-refractivity contribution in [1.82, 2.24) is 15.3 Å². The predicted octanol–water partition coefficient (Wildman–Crippen LogP) is 3.43. The summed E-state index contributed by atoms with van der Waals surface area (Å²) in [5.41, 5.74) is 1.85. The quantitative estimate of drug-likeness (QED) is 0.756. The van der Waals surface area contributed by atoms with Crippen LogP contribution in [0.15, 0.2) is 30.5 Å². The van der Waals surface area contributed by atoms with Crippen LogP contribution in [0, 0.1) is 6.92 Å². The molecule has 1 aromatic carbocycles. The number of carbonyl (C=O) groups is 1. The largest absolute Gasteiger partial charge is 0.497 e. The number of hydrogen-bond donors (Lipinski definition) is 2. The number of nitrogens with one attached hydrogen (secondary N) is 2. The Morgan fingerprint density at radius 1 is 1.13 bits per heavy atom. The molecule has 30 heavy (non-hydrogen) atoms. The molecule has 162 valence electrons. The molecule has 0 saturated heterocycles. The number of methoxy groups -OCH3 is 1. The second kappa shape index (κ2) is 9.65. The van der Waals surface area contributed by atoms with E-state index in [1.807, 2.05) is 56.4 Å². The van der Waals surface area contributed by atoms with Gasteiger partial charge in [-0.1, -0.05) is 6.07 Å². The van der Waals surface area contributed by atoms with Crippen molar-refractivity contribution in [3.63, 3.8) is 0 Å². The van der Waals surface area contributed by atoms with E-state index in [-0.39, 0.29) is 12.1 Å². The standard InChI is InChI=1S/C22H32N6O2/c1-15-14-23-21(26-20(15)27(2)3)24-16-9-11-17(12-10-16)25-22(29)28(4)18-7-6-8-19(13-18)30-5/h6-8,13-14,16-17H,9-12H2,1-5H3,(H,25,29)(H,23,24,26)/t16-,17+. The molecule has 0 atom stereocenters. The summed E-state index contributed by atoms with van der Waals surface area (Å²) < 4.78 is 5.24. The lowest BCUT2D eigenvalue weighted by Crippen LogP contribution is -2.45. The highest BCUT2D eigenvalue weighted by Gasteiger charge is 2.24. The number of urea groups is 1. The Labute approximate surface area is 178 Å². The Balaban J connectivity index is 1.50. The van der Waals surface area contributed by atoms with Crippen molar-refractivity contribution in [2.24, 2.45) is 0 Å². The normalized spacial score (nSPS) is 18.4. The lowest BCUT2D eigenvalue weighted by atomic mass is 9.91. The molecule has 1 aliphatic carbocycles. The summed E-state index contributed by atoms with van der Waals surface area (Å²) >= 11 is 0. The molecule has 1 aromatic heterocycles. The molecule has 0 bridgehead atoms. The fourth-order valence-electron chi connectivity index (χ4n) is 3.73. The van der Waals surface area contributed by atoms with Crippen LogP contribution in [0.1, 0.15) is 31.2 Å². The zero-order chi connectivity index (χ0) is 21.7. The van der Waals surface area contributed by atoms with E-state index in [1.54, 1.807) is 19.1 Å². The summed E-state index contributed by atoms with van der Waals surface area (Å²) in [5.74, 6) is 2.32. The SMILES string of the molecule is COc1cccc(N(C)C(=O)N[C@H]2CC[C@@H](Nc3ncc(C)c(N(C)C)n3)CC2)c1. The molecule has 0 radical (unpaired) electrons. The molecular formula is C22H32N6O2. The van der Waals surface area contributed by atoms with E-state index in [0.717, 1.165) is 48.5 Å². The van der Waals surface area contributed by atoms with Crippen molar-refractivity contribution in [1.29, 1.82) is 0 Å². The van der Waals surface area contributed by atoms with Gasteiger partial charge in [0, 0.05) is 56.7 Å². The van der Waals surface area contributed by atoms with Gasteiger partial charge in [-0.2, -0.15) is 4.98 Å². The number of anilines is 3. The Morgan fingerprint density at radius 2 is 1.83 bits per heavy atom. The zero-order valence-corrected chi connectivity index (χ0v) is 18.5. The maximum atomic E-state index is 12.7. The Bertz CT molecular complexity index is 864. The van der Waals surface area contributed by atoms with Crippen molar-refractivity contribution in [2.45, 2.75) is 44.7 Å². The number of nitrogens with zero attached hydrogens (tertiary/aromatic N) is 4. The minimum absolute atomic E-state index is 0.0999. The minimum Gasteiger partial charge on any atom is -0.497 e. The highest BCUT2D eigenvalue weighted by molar-refractivity contribution is 5.91. The highest BCUT2D eigenvalue weighted by Crippen LogP contribution is 2.24. The lowest BCUT2D eigenvalue weighted by Gasteiger charge is -2.31. The maximum absolute atomic E-state index is 12.7. The molecule has 8 nitrogen and oxygen atoms in total. The lowest BCUT2D eigenvalue weighted by molar-refractivity contribution is 0.238. The van der Waals surface area contributed by atoms with E-state index in [2.05, 4.69) is 20.6 Å². The van der Waals surface area contributed by atoms with Crippen LogP contribution in [0.2, 0.25) is 0 Å². The number of amides is 2. The van der Waals surface area contributed by atoms with Crippen LogP contribution in [-0.4, -0.2) is 56.3 Å².